The van der Waals surface area contributed by atoms with Gasteiger partial charge in [-0.15, -0.1) is 0 Å². The molecule has 0 amide bonds. The number of rotatable bonds is 6. The summed E-state index contributed by atoms with van der Waals surface area (Å²) < 4.78 is 5.99. The molecule has 1 heterocycles. The molecule has 1 saturated heterocycles. The second-order valence-electron chi connectivity index (χ2n) is 4.97. The average molecular weight is 300 g/mol. The van der Waals surface area contributed by atoms with E-state index < -0.39 is 0 Å². The van der Waals surface area contributed by atoms with E-state index in [1.54, 1.807) is 0 Å². The van der Waals surface area contributed by atoms with Crippen molar-refractivity contribution in [2.45, 2.75) is 38.2 Å². The molecule has 1 unspecified atom stereocenters. The molecule has 2 N–H and O–H groups in total. The Balaban J connectivity index is 1.90. The molecule has 1 atom stereocenters. The number of thioether (sulfide) groups is 1. The number of benzene rings is 1. The second-order valence-corrected chi connectivity index (χ2v) is 6.52. The zero-order chi connectivity index (χ0) is 13.5. The second kappa shape index (κ2) is 8.03. The molecular formula is C15H22ClNOS. The van der Waals surface area contributed by atoms with Gasteiger partial charge in [0, 0.05) is 5.75 Å². The van der Waals surface area contributed by atoms with Crippen molar-refractivity contribution >= 4 is 23.4 Å². The van der Waals surface area contributed by atoms with Crippen molar-refractivity contribution in [3.8, 4) is 5.75 Å². The highest BCUT2D eigenvalue weighted by Gasteiger charge is 2.16. The fraction of sp³-hybridized carbons (Fsp3) is 0.600. The molecular weight excluding hydrogens is 278 g/mol. The number of halogens is 1. The molecule has 0 radical (unpaired) electrons. The van der Waals surface area contributed by atoms with Crippen LogP contribution in [0.3, 0.4) is 0 Å². The Morgan fingerprint density at radius 2 is 2.26 bits per heavy atom. The Morgan fingerprint density at radius 1 is 1.37 bits per heavy atom. The van der Waals surface area contributed by atoms with Crippen molar-refractivity contribution in [2.75, 3.05) is 18.1 Å². The third-order valence-corrected chi connectivity index (χ3v) is 4.81. The molecule has 0 bridgehead atoms. The summed E-state index contributed by atoms with van der Waals surface area (Å²) in [5.74, 6) is 3.17. The first-order chi connectivity index (χ1) is 9.29. The molecule has 106 valence electrons. The Morgan fingerprint density at radius 3 is 2.95 bits per heavy atom. The van der Waals surface area contributed by atoms with E-state index >= 15 is 0 Å². The van der Waals surface area contributed by atoms with E-state index in [4.69, 9.17) is 22.1 Å². The zero-order valence-electron chi connectivity index (χ0n) is 11.2. The van der Waals surface area contributed by atoms with Crippen molar-refractivity contribution in [1.82, 2.24) is 0 Å². The van der Waals surface area contributed by atoms with Gasteiger partial charge in [-0.3, -0.25) is 0 Å². The minimum Gasteiger partial charge on any atom is -0.488 e. The summed E-state index contributed by atoms with van der Waals surface area (Å²) in [6, 6.07) is 6.16. The van der Waals surface area contributed by atoms with Gasteiger partial charge >= 0.3 is 0 Å². The van der Waals surface area contributed by atoms with Gasteiger partial charge in [-0.25, -0.2) is 0 Å². The van der Waals surface area contributed by atoms with Crippen molar-refractivity contribution in [3.05, 3.63) is 28.8 Å². The van der Waals surface area contributed by atoms with Crippen LogP contribution in [0.5, 0.6) is 5.75 Å². The van der Waals surface area contributed by atoms with Crippen LogP contribution in [0, 0.1) is 0 Å². The van der Waals surface area contributed by atoms with E-state index in [1.807, 2.05) is 23.9 Å². The first-order valence-electron chi connectivity index (χ1n) is 7.02. The average Bonchev–Trinajstić information content (AvgIpc) is 2.43. The summed E-state index contributed by atoms with van der Waals surface area (Å²) in [4.78, 5) is 0. The van der Waals surface area contributed by atoms with E-state index in [-0.39, 0.29) is 0 Å². The standard InChI is InChI=1S/C15H22ClNOS/c16-14-10-12(4-1-2-8-17)6-7-15(14)18-13-5-3-9-19-11-13/h6-7,10,13H,1-5,8-9,11,17H2. The van der Waals surface area contributed by atoms with Gasteiger partial charge < -0.3 is 10.5 Å². The molecule has 4 heteroatoms. The molecule has 1 fully saturated rings. The molecule has 2 rings (SSSR count). The van der Waals surface area contributed by atoms with Gasteiger partial charge in [0.1, 0.15) is 11.9 Å². The SMILES string of the molecule is NCCCCc1ccc(OC2CCCSC2)c(Cl)c1. The van der Waals surface area contributed by atoms with Crippen LogP contribution in [-0.4, -0.2) is 24.2 Å². The summed E-state index contributed by atoms with van der Waals surface area (Å²) in [7, 11) is 0. The lowest BCUT2D eigenvalue weighted by Gasteiger charge is -2.23. The molecule has 1 aromatic carbocycles. The fourth-order valence-electron chi connectivity index (χ4n) is 2.25. The highest BCUT2D eigenvalue weighted by Crippen LogP contribution is 2.29. The van der Waals surface area contributed by atoms with Gasteiger partial charge in [0.25, 0.3) is 0 Å². The quantitative estimate of drug-likeness (QED) is 0.809. The number of ether oxygens (including phenoxy) is 1. The minimum absolute atomic E-state index is 0.319. The molecule has 1 aliphatic rings. The fourth-order valence-corrected chi connectivity index (χ4v) is 3.54. The maximum Gasteiger partial charge on any atom is 0.138 e. The minimum atomic E-state index is 0.319. The normalized spacial score (nSPS) is 19.4. The first kappa shape index (κ1) is 15.0. The predicted octanol–water partition coefficient (Wildman–Crippen LogP) is 3.90. The molecule has 0 aromatic heterocycles. The number of nitrogens with two attached hydrogens (primary N) is 1. The third kappa shape index (κ3) is 4.90. The summed E-state index contributed by atoms with van der Waals surface area (Å²) in [5.41, 5.74) is 6.77. The van der Waals surface area contributed by atoms with E-state index in [1.165, 1.54) is 17.7 Å². The summed E-state index contributed by atoms with van der Waals surface area (Å²) in [6.45, 7) is 0.758. The zero-order valence-corrected chi connectivity index (χ0v) is 12.8. The Kier molecular flexibility index (Phi) is 6.35. The summed E-state index contributed by atoms with van der Waals surface area (Å²) in [6.07, 6.45) is 5.92. The molecule has 1 aromatic rings. The van der Waals surface area contributed by atoms with Crippen LogP contribution < -0.4 is 10.5 Å². The van der Waals surface area contributed by atoms with E-state index in [9.17, 15) is 0 Å². The number of hydrogen-bond donors (Lipinski definition) is 1. The smallest absolute Gasteiger partial charge is 0.138 e. The first-order valence-corrected chi connectivity index (χ1v) is 8.56. The van der Waals surface area contributed by atoms with Crippen molar-refractivity contribution in [3.63, 3.8) is 0 Å². The number of unbranched alkanes of at least 4 members (excludes halogenated alkanes) is 1. The molecule has 0 spiro atoms. The van der Waals surface area contributed by atoms with Crippen LogP contribution in [0.4, 0.5) is 0 Å². The van der Waals surface area contributed by atoms with Gasteiger partial charge in [-0.1, -0.05) is 17.7 Å². The van der Waals surface area contributed by atoms with Gasteiger partial charge in [-0.05, 0) is 62.1 Å². The lowest BCUT2D eigenvalue weighted by Crippen LogP contribution is -2.23. The predicted molar refractivity (Wildman–Crippen MR) is 84.4 cm³/mol. The lowest BCUT2D eigenvalue weighted by molar-refractivity contribution is 0.211. The van der Waals surface area contributed by atoms with E-state index in [2.05, 4.69) is 6.07 Å². The van der Waals surface area contributed by atoms with Crippen LogP contribution in [0.2, 0.25) is 5.02 Å². The van der Waals surface area contributed by atoms with Crippen molar-refractivity contribution in [2.24, 2.45) is 5.73 Å². The van der Waals surface area contributed by atoms with Gasteiger partial charge in [0.2, 0.25) is 0 Å². The van der Waals surface area contributed by atoms with Crippen LogP contribution in [-0.2, 0) is 6.42 Å². The highest BCUT2D eigenvalue weighted by atomic mass is 35.5. The van der Waals surface area contributed by atoms with Gasteiger partial charge in [-0.2, -0.15) is 11.8 Å². The monoisotopic (exact) mass is 299 g/mol. The Hall–Kier alpha value is -0.380. The van der Waals surface area contributed by atoms with E-state index in [0.717, 1.165) is 48.8 Å². The lowest BCUT2D eigenvalue weighted by atomic mass is 10.1. The van der Waals surface area contributed by atoms with Crippen LogP contribution in [0.15, 0.2) is 18.2 Å². The Labute approximate surface area is 125 Å². The van der Waals surface area contributed by atoms with Gasteiger partial charge in [0.05, 0.1) is 5.02 Å². The number of aryl methyl sites for hydroxylation is 1. The van der Waals surface area contributed by atoms with Crippen LogP contribution >= 0.6 is 23.4 Å². The van der Waals surface area contributed by atoms with E-state index in [0.29, 0.717) is 6.10 Å². The molecule has 2 nitrogen and oxygen atoms in total. The molecule has 0 saturated carbocycles. The maximum absolute atomic E-state index is 6.30. The maximum atomic E-state index is 6.30. The third-order valence-electron chi connectivity index (χ3n) is 3.33. The van der Waals surface area contributed by atoms with Crippen molar-refractivity contribution < 1.29 is 4.74 Å². The molecule has 1 aliphatic heterocycles. The van der Waals surface area contributed by atoms with Gasteiger partial charge in [0.15, 0.2) is 0 Å². The highest BCUT2D eigenvalue weighted by molar-refractivity contribution is 7.99. The number of hydrogen-bond acceptors (Lipinski definition) is 3. The Bertz CT molecular complexity index is 394. The molecule has 19 heavy (non-hydrogen) atoms. The van der Waals surface area contributed by atoms with Crippen LogP contribution in [0.25, 0.3) is 0 Å². The van der Waals surface area contributed by atoms with Crippen LogP contribution in [0.1, 0.15) is 31.2 Å². The van der Waals surface area contributed by atoms with Crippen molar-refractivity contribution in [1.29, 1.82) is 0 Å². The largest absolute Gasteiger partial charge is 0.488 e. The topological polar surface area (TPSA) is 35.2 Å². The summed E-state index contributed by atoms with van der Waals surface area (Å²) >= 11 is 8.27. The molecule has 0 aliphatic carbocycles. The summed E-state index contributed by atoms with van der Waals surface area (Å²) in [5, 5.41) is 0.737.